The highest BCUT2D eigenvalue weighted by molar-refractivity contribution is 5.88. The number of amides is 1. The molecule has 3 aromatic rings. The molecule has 0 saturated carbocycles. The van der Waals surface area contributed by atoms with Gasteiger partial charge in [-0.05, 0) is 64.9 Å². The van der Waals surface area contributed by atoms with Crippen LogP contribution >= 0.6 is 0 Å². The Bertz CT molecular complexity index is 1110. The normalized spacial score (nSPS) is 20.2. The molecular weight excluding hydrogens is 374 g/mol. The Labute approximate surface area is 176 Å². The van der Waals surface area contributed by atoms with Crippen molar-refractivity contribution in [2.75, 3.05) is 7.11 Å². The van der Waals surface area contributed by atoms with E-state index in [2.05, 4.69) is 36.4 Å². The van der Waals surface area contributed by atoms with Gasteiger partial charge in [-0.2, -0.15) is 0 Å². The number of fused-ring (bicyclic) bond motifs is 3. The second kappa shape index (κ2) is 7.86. The van der Waals surface area contributed by atoms with Gasteiger partial charge in [-0.25, -0.2) is 4.79 Å². The fourth-order valence-electron chi connectivity index (χ4n) is 4.67. The first-order chi connectivity index (χ1) is 14.7. The van der Waals surface area contributed by atoms with Gasteiger partial charge in [-0.15, -0.1) is 0 Å². The molecule has 0 aliphatic carbocycles. The zero-order valence-electron chi connectivity index (χ0n) is 17.1. The number of nitrogens with zero attached hydrogens (tertiary/aromatic N) is 1. The highest BCUT2D eigenvalue weighted by Crippen LogP contribution is 2.39. The molecule has 1 saturated heterocycles. The number of ether oxygens (including phenoxy) is 2. The van der Waals surface area contributed by atoms with E-state index in [1.807, 2.05) is 41.3 Å². The summed E-state index contributed by atoms with van der Waals surface area (Å²) in [6, 6.07) is 22.9. The Hall–Kier alpha value is -3.27. The number of methoxy groups -OCH3 is 1. The minimum atomic E-state index is -0.202. The second-order valence-corrected chi connectivity index (χ2v) is 8.07. The van der Waals surface area contributed by atoms with Crippen molar-refractivity contribution in [1.29, 1.82) is 0 Å². The van der Waals surface area contributed by atoms with Crippen molar-refractivity contribution in [3.8, 4) is 5.75 Å². The molecule has 30 heavy (non-hydrogen) atoms. The van der Waals surface area contributed by atoms with Crippen molar-refractivity contribution < 1.29 is 14.3 Å². The Kier molecular flexibility index (Phi) is 4.91. The molecule has 5 rings (SSSR count). The van der Waals surface area contributed by atoms with Gasteiger partial charge in [-0.3, -0.25) is 4.90 Å². The van der Waals surface area contributed by atoms with Crippen LogP contribution in [0.3, 0.4) is 0 Å². The molecule has 2 aliphatic heterocycles. The molecule has 0 N–H and O–H groups in total. The lowest BCUT2D eigenvalue weighted by Gasteiger charge is -2.33. The van der Waals surface area contributed by atoms with Crippen LogP contribution in [0.15, 0.2) is 72.8 Å². The van der Waals surface area contributed by atoms with Crippen LogP contribution < -0.4 is 4.74 Å². The summed E-state index contributed by atoms with van der Waals surface area (Å²) in [7, 11) is 1.69. The fourth-order valence-corrected chi connectivity index (χ4v) is 4.67. The maximum absolute atomic E-state index is 12.8. The fraction of sp³-hybridized carbons (Fsp3) is 0.269. The van der Waals surface area contributed by atoms with Gasteiger partial charge >= 0.3 is 6.09 Å². The summed E-state index contributed by atoms with van der Waals surface area (Å²) in [5.74, 6) is 0.870. The van der Waals surface area contributed by atoms with E-state index in [1.54, 1.807) is 7.11 Å². The van der Waals surface area contributed by atoms with Crippen LogP contribution in [0.4, 0.5) is 4.79 Å². The third-order valence-corrected chi connectivity index (χ3v) is 6.23. The van der Waals surface area contributed by atoms with Crippen LogP contribution in [0.2, 0.25) is 0 Å². The summed E-state index contributed by atoms with van der Waals surface area (Å²) < 4.78 is 10.9. The van der Waals surface area contributed by atoms with Crippen LogP contribution in [0, 0.1) is 0 Å². The number of hydrogen-bond acceptors (Lipinski definition) is 3. The first kappa shape index (κ1) is 18.7. The van der Waals surface area contributed by atoms with E-state index in [0.29, 0.717) is 6.61 Å². The van der Waals surface area contributed by atoms with E-state index in [4.69, 9.17) is 9.47 Å². The van der Waals surface area contributed by atoms with Crippen LogP contribution in [-0.2, 0) is 11.3 Å². The zero-order chi connectivity index (χ0) is 20.5. The van der Waals surface area contributed by atoms with Crippen LogP contribution in [-0.4, -0.2) is 30.2 Å². The van der Waals surface area contributed by atoms with Gasteiger partial charge in [0.25, 0.3) is 0 Å². The lowest BCUT2D eigenvalue weighted by atomic mass is 9.93. The van der Waals surface area contributed by atoms with Crippen molar-refractivity contribution in [1.82, 2.24) is 4.90 Å². The largest absolute Gasteiger partial charge is 0.497 e. The Morgan fingerprint density at radius 3 is 2.60 bits per heavy atom. The van der Waals surface area contributed by atoms with Crippen LogP contribution in [0.5, 0.6) is 5.75 Å². The van der Waals surface area contributed by atoms with E-state index in [-0.39, 0.29) is 18.2 Å². The maximum Gasteiger partial charge on any atom is 0.410 e. The van der Waals surface area contributed by atoms with E-state index < -0.39 is 0 Å². The summed E-state index contributed by atoms with van der Waals surface area (Å²) >= 11 is 0. The van der Waals surface area contributed by atoms with Gasteiger partial charge in [0.1, 0.15) is 12.4 Å². The third-order valence-electron chi connectivity index (χ3n) is 6.23. The summed E-state index contributed by atoms with van der Waals surface area (Å²) in [6.45, 7) is 0.320. The Morgan fingerprint density at radius 1 is 1.00 bits per heavy atom. The average molecular weight is 399 g/mol. The smallest absolute Gasteiger partial charge is 0.410 e. The number of carbonyl (C=O) groups excluding carboxylic acids is 1. The third kappa shape index (κ3) is 3.54. The molecule has 2 atom stereocenters. The van der Waals surface area contributed by atoms with E-state index in [1.165, 1.54) is 21.9 Å². The lowest BCUT2D eigenvalue weighted by molar-refractivity contribution is 0.0832. The van der Waals surface area contributed by atoms with Gasteiger partial charge in [-0.1, -0.05) is 54.6 Å². The van der Waals surface area contributed by atoms with Crippen molar-refractivity contribution in [2.24, 2.45) is 0 Å². The van der Waals surface area contributed by atoms with Crippen molar-refractivity contribution in [3.63, 3.8) is 0 Å². The molecule has 2 heterocycles. The van der Waals surface area contributed by atoms with Crippen molar-refractivity contribution in [3.05, 3.63) is 83.9 Å². The minimum absolute atomic E-state index is 0.119. The molecule has 2 bridgehead atoms. The van der Waals surface area contributed by atoms with E-state index in [0.717, 1.165) is 30.6 Å². The molecule has 2 aliphatic rings. The molecule has 3 aromatic carbocycles. The highest BCUT2D eigenvalue weighted by atomic mass is 16.6. The first-order valence-electron chi connectivity index (χ1n) is 10.5. The summed E-state index contributed by atoms with van der Waals surface area (Å²) in [5.41, 5.74) is 3.58. The highest BCUT2D eigenvalue weighted by Gasteiger charge is 2.40. The molecule has 0 radical (unpaired) electrons. The molecular formula is C26H25NO3. The first-order valence-corrected chi connectivity index (χ1v) is 10.5. The number of benzene rings is 3. The molecule has 4 heteroatoms. The van der Waals surface area contributed by atoms with Crippen molar-refractivity contribution >= 4 is 22.4 Å². The summed E-state index contributed by atoms with van der Waals surface area (Å²) in [4.78, 5) is 14.7. The van der Waals surface area contributed by atoms with Gasteiger partial charge in [0.05, 0.1) is 13.2 Å². The quantitative estimate of drug-likeness (QED) is 0.556. The molecule has 2 unspecified atom stereocenters. The van der Waals surface area contributed by atoms with Gasteiger partial charge in [0.2, 0.25) is 0 Å². The Morgan fingerprint density at radius 2 is 1.80 bits per heavy atom. The molecule has 152 valence electrons. The monoisotopic (exact) mass is 399 g/mol. The van der Waals surface area contributed by atoms with Crippen molar-refractivity contribution in [2.45, 2.75) is 38.0 Å². The topological polar surface area (TPSA) is 38.8 Å². The minimum Gasteiger partial charge on any atom is -0.497 e. The molecule has 1 fully saturated rings. The standard InChI is InChI=1S/C26H25NO3/c1-29-25-12-9-19-13-20(7-8-21(19)16-25)22-14-23-10-11-24(15-22)27(23)26(28)30-17-18-5-3-2-4-6-18/h2-9,12-14,16,23-24H,10-11,15,17H2,1H3. The maximum atomic E-state index is 12.8. The zero-order valence-corrected chi connectivity index (χ0v) is 17.1. The Balaban J connectivity index is 1.33. The summed E-state index contributed by atoms with van der Waals surface area (Å²) in [5, 5.41) is 2.37. The van der Waals surface area contributed by atoms with Crippen LogP contribution in [0.1, 0.15) is 30.4 Å². The average Bonchev–Trinajstić information content (AvgIpc) is 3.06. The molecule has 1 amide bonds. The number of rotatable bonds is 4. The summed E-state index contributed by atoms with van der Waals surface area (Å²) in [6.07, 6.45) is 4.96. The number of carbonyl (C=O) groups is 1. The molecule has 0 aromatic heterocycles. The van der Waals surface area contributed by atoms with E-state index in [9.17, 15) is 4.79 Å². The molecule has 4 nitrogen and oxygen atoms in total. The number of hydrogen-bond donors (Lipinski definition) is 0. The second-order valence-electron chi connectivity index (χ2n) is 8.07. The van der Waals surface area contributed by atoms with Gasteiger partial charge < -0.3 is 9.47 Å². The van der Waals surface area contributed by atoms with Gasteiger partial charge in [0, 0.05) is 6.04 Å². The lowest BCUT2D eigenvalue weighted by Crippen LogP contribution is -2.43. The molecule has 0 spiro atoms. The predicted octanol–water partition coefficient (Wildman–Crippen LogP) is 5.81. The predicted molar refractivity (Wildman–Crippen MR) is 118 cm³/mol. The van der Waals surface area contributed by atoms with Gasteiger partial charge in [0.15, 0.2) is 0 Å². The van der Waals surface area contributed by atoms with Crippen LogP contribution in [0.25, 0.3) is 16.3 Å². The SMILES string of the molecule is COc1ccc2cc(C3=CC4CCC(C3)N4C(=O)OCc3ccccc3)ccc2c1. The van der Waals surface area contributed by atoms with E-state index >= 15 is 0 Å².